The minimum absolute atomic E-state index is 0. The predicted octanol–water partition coefficient (Wildman–Crippen LogP) is 2.39. The summed E-state index contributed by atoms with van der Waals surface area (Å²) in [6.45, 7) is 10.3. The summed E-state index contributed by atoms with van der Waals surface area (Å²) in [6, 6.07) is 0.392. The highest BCUT2D eigenvalue weighted by Crippen LogP contribution is 2.40. The second-order valence-electron chi connectivity index (χ2n) is 9.28. The number of nitrogens with zero attached hydrogens (tertiary/aromatic N) is 1. The van der Waals surface area contributed by atoms with Crippen molar-refractivity contribution in [3.05, 3.63) is 0 Å². The molecule has 2 nitrogen and oxygen atoms in total. The maximum atomic E-state index is 11.0. The summed E-state index contributed by atoms with van der Waals surface area (Å²) in [5, 5.41) is 11.0. The molecule has 0 spiro atoms. The molecule has 1 aliphatic carbocycles. The average Bonchev–Trinajstić information content (AvgIpc) is 2.45. The zero-order valence-electron chi connectivity index (χ0n) is 17.3. The first-order valence-corrected chi connectivity index (χ1v) is 10.3. The van der Waals surface area contributed by atoms with Crippen LogP contribution in [0.2, 0.25) is 0 Å². The van der Waals surface area contributed by atoms with Crippen molar-refractivity contribution in [3.8, 4) is 0 Å². The smallest absolute Gasteiger partial charge is 0.118 e. The number of hydrogen-bond acceptors (Lipinski definition) is 1. The third-order valence-corrected chi connectivity index (χ3v) is 6.39. The fourth-order valence-corrected chi connectivity index (χ4v) is 4.58. The van der Waals surface area contributed by atoms with Crippen LogP contribution in [-0.2, 0) is 0 Å². The molecule has 3 atom stereocenters. The summed E-state index contributed by atoms with van der Waals surface area (Å²) in [6.07, 6.45) is 12.9. The molecule has 1 N–H and O–H groups in total. The molecule has 0 aromatic carbocycles. The first-order valence-electron chi connectivity index (χ1n) is 10.3. The van der Waals surface area contributed by atoms with Crippen molar-refractivity contribution in [1.29, 1.82) is 0 Å². The van der Waals surface area contributed by atoms with Crippen LogP contribution in [0.4, 0.5) is 0 Å². The standard InChI is InChI=1S/C21H44NO.BrH/c1-7-8-9-10-11-12-13-16-22(5,6)20-17-19(18(2)3)14-15-21(20,4)23;/h18-20,23H,7-17H2,1-6H3;1H/q+1;/p-1. The lowest BCUT2D eigenvalue weighted by Gasteiger charge is -2.50. The number of rotatable bonds is 10. The van der Waals surface area contributed by atoms with Gasteiger partial charge >= 0.3 is 0 Å². The first kappa shape index (κ1) is 24.4. The number of aliphatic hydroxyl groups is 1. The van der Waals surface area contributed by atoms with Crippen molar-refractivity contribution in [2.75, 3.05) is 20.6 Å². The first-order chi connectivity index (χ1) is 10.7. The van der Waals surface area contributed by atoms with Gasteiger partial charge in [0.1, 0.15) is 11.6 Å². The summed E-state index contributed by atoms with van der Waals surface area (Å²) in [7, 11) is 4.69. The molecular formula is C21H44BrNO. The summed E-state index contributed by atoms with van der Waals surface area (Å²) in [5.74, 6) is 1.53. The van der Waals surface area contributed by atoms with Crippen molar-refractivity contribution < 1.29 is 26.6 Å². The quantitative estimate of drug-likeness (QED) is 0.436. The van der Waals surface area contributed by atoms with E-state index >= 15 is 0 Å². The Morgan fingerprint density at radius 3 is 2.12 bits per heavy atom. The maximum Gasteiger partial charge on any atom is 0.118 e. The average molecular weight is 406 g/mol. The lowest BCUT2D eigenvalue weighted by Crippen LogP contribution is -3.00. The van der Waals surface area contributed by atoms with E-state index in [1.807, 2.05) is 0 Å². The predicted molar refractivity (Wildman–Crippen MR) is 102 cm³/mol. The van der Waals surface area contributed by atoms with Gasteiger partial charge in [-0.15, -0.1) is 0 Å². The summed E-state index contributed by atoms with van der Waals surface area (Å²) in [5.41, 5.74) is -0.490. The molecule has 146 valence electrons. The van der Waals surface area contributed by atoms with E-state index in [0.29, 0.717) is 6.04 Å². The van der Waals surface area contributed by atoms with E-state index in [-0.39, 0.29) is 17.0 Å². The Labute approximate surface area is 162 Å². The maximum absolute atomic E-state index is 11.0. The van der Waals surface area contributed by atoms with Crippen LogP contribution in [0.25, 0.3) is 0 Å². The van der Waals surface area contributed by atoms with E-state index in [1.54, 1.807) is 0 Å². The van der Waals surface area contributed by atoms with Gasteiger partial charge in [0.25, 0.3) is 0 Å². The van der Waals surface area contributed by atoms with Gasteiger partial charge in [0.2, 0.25) is 0 Å². The Morgan fingerprint density at radius 1 is 1.04 bits per heavy atom. The largest absolute Gasteiger partial charge is 1.00 e. The van der Waals surface area contributed by atoms with Crippen LogP contribution in [0.3, 0.4) is 0 Å². The van der Waals surface area contributed by atoms with Crippen molar-refractivity contribution in [2.24, 2.45) is 11.8 Å². The van der Waals surface area contributed by atoms with E-state index in [2.05, 4.69) is 41.8 Å². The third kappa shape index (κ3) is 7.74. The molecule has 1 aliphatic rings. The van der Waals surface area contributed by atoms with E-state index in [4.69, 9.17) is 0 Å². The van der Waals surface area contributed by atoms with Gasteiger partial charge in [0, 0.05) is 6.42 Å². The number of halogens is 1. The minimum atomic E-state index is -0.490. The monoisotopic (exact) mass is 405 g/mol. The number of likely N-dealkylation sites (N-methyl/N-ethyl adjacent to an activating group) is 1. The van der Waals surface area contributed by atoms with Gasteiger partial charge in [-0.1, -0.05) is 52.9 Å². The van der Waals surface area contributed by atoms with Gasteiger partial charge in [-0.2, -0.15) is 0 Å². The van der Waals surface area contributed by atoms with Gasteiger partial charge < -0.3 is 26.6 Å². The van der Waals surface area contributed by atoms with Crippen LogP contribution in [0, 0.1) is 11.8 Å². The number of quaternary nitrogens is 1. The molecule has 0 aromatic heterocycles. The van der Waals surface area contributed by atoms with Crippen LogP contribution in [0.5, 0.6) is 0 Å². The topological polar surface area (TPSA) is 20.2 Å². The van der Waals surface area contributed by atoms with Gasteiger partial charge in [0.15, 0.2) is 0 Å². The van der Waals surface area contributed by atoms with Crippen LogP contribution in [-0.4, -0.2) is 41.9 Å². The summed E-state index contributed by atoms with van der Waals surface area (Å²) < 4.78 is 0.991. The fraction of sp³-hybridized carbons (Fsp3) is 1.00. The molecule has 0 amide bonds. The van der Waals surface area contributed by atoms with E-state index < -0.39 is 5.60 Å². The Kier molecular flexibility index (Phi) is 11.4. The highest BCUT2D eigenvalue weighted by molar-refractivity contribution is 4.91. The van der Waals surface area contributed by atoms with Crippen LogP contribution >= 0.6 is 0 Å². The summed E-state index contributed by atoms with van der Waals surface area (Å²) >= 11 is 0. The van der Waals surface area contributed by atoms with E-state index in [0.717, 1.165) is 22.7 Å². The molecule has 0 radical (unpaired) electrons. The van der Waals surface area contributed by atoms with Crippen LogP contribution < -0.4 is 17.0 Å². The van der Waals surface area contributed by atoms with E-state index in [1.165, 1.54) is 64.3 Å². The zero-order chi connectivity index (χ0) is 17.5. The SMILES string of the molecule is CCCCCCCCC[N+](C)(C)C1CC(C(C)C)CCC1(C)O.[Br-]. The van der Waals surface area contributed by atoms with Crippen molar-refractivity contribution in [1.82, 2.24) is 0 Å². The normalized spacial score (nSPS) is 28.0. The summed E-state index contributed by atoms with van der Waals surface area (Å²) in [4.78, 5) is 0. The zero-order valence-corrected chi connectivity index (χ0v) is 18.9. The molecule has 1 fully saturated rings. The molecule has 3 unspecified atom stereocenters. The van der Waals surface area contributed by atoms with Crippen LogP contribution in [0.15, 0.2) is 0 Å². The second kappa shape index (κ2) is 11.2. The van der Waals surface area contributed by atoms with Crippen molar-refractivity contribution >= 4 is 0 Å². The molecule has 0 aliphatic heterocycles. The molecular weight excluding hydrogens is 362 g/mol. The Morgan fingerprint density at radius 2 is 1.58 bits per heavy atom. The fourth-order valence-electron chi connectivity index (χ4n) is 4.58. The minimum Gasteiger partial charge on any atom is -1.00 e. The molecule has 3 heteroatoms. The molecule has 24 heavy (non-hydrogen) atoms. The molecule has 1 saturated carbocycles. The van der Waals surface area contributed by atoms with E-state index in [9.17, 15) is 5.11 Å². The lowest BCUT2D eigenvalue weighted by atomic mass is 9.71. The number of hydrogen-bond donors (Lipinski definition) is 1. The van der Waals surface area contributed by atoms with Crippen molar-refractivity contribution in [3.63, 3.8) is 0 Å². The second-order valence-corrected chi connectivity index (χ2v) is 9.28. The van der Waals surface area contributed by atoms with Crippen LogP contribution in [0.1, 0.15) is 91.9 Å². The van der Waals surface area contributed by atoms with Gasteiger partial charge in [-0.05, 0) is 44.4 Å². The molecule has 0 aromatic rings. The number of unbranched alkanes of at least 4 members (excludes halogenated alkanes) is 6. The Hall–Kier alpha value is 0.400. The highest BCUT2D eigenvalue weighted by atomic mass is 79.9. The third-order valence-electron chi connectivity index (χ3n) is 6.39. The molecule has 1 rings (SSSR count). The van der Waals surface area contributed by atoms with Gasteiger partial charge in [0.05, 0.1) is 20.6 Å². The Balaban J connectivity index is 0.00000529. The van der Waals surface area contributed by atoms with Gasteiger partial charge in [-0.3, -0.25) is 0 Å². The highest BCUT2D eigenvalue weighted by Gasteiger charge is 2.47. The lowest BCUT2D eigenvalue weighted by molar-refractivity contribution is -0.924. The van der Waals surface area contributed by atoms with Gasteiger partial charge in [-0.25, -0.2) is 0 Å². The Bertz CT molecular complexity index is 328. The molecule has 0 bridgehead atoms. The molecule has 0 saturated heterocycles. The van der Waals surface area contributed by atoms with Crippen molar-refractivity contribution in [2.45, 2.75) is 104 Å². The molecule has 0 heterocycles.